The number of furan rings is 8. The second-order valence-corrected chi connectivity index (χ2v) is 38.0. The van der Waals surface area contributed by atoms with Gasteiger partial charge in [-0.3, -0.25) is 0 Å². The zero-order chi connectivity index (χ0) is 91.3. The van der Waals surface area contributed by atoms with Crippen LogP contribution in [0.25, 0.3) is 345 Å². The predicted molar refractivity (Wildman–Crippen MR) is 578 cm³/mol. The van der Waals surface area contributed by atoms with Crippen molar-refractivity contribution in [3.05, 3.63) is 394 Å². The van der Waals surface area contributed by atoms with E-state index < -0.39 is 0 Å². The topological polar surface area (TPSA) is 142 Å². The fourth-order valence-corrected chi connectivity index (χ4v) is 24.8. The fourth-order valence-electron chi connectivity index (χ4n) is 24.8. The molecule has 648 valence electrons. The van der Waals surface area contributed by atoms with Crippen molar-refractivity contribution in [2.24, 2.45) is 0 Å². The first kappa shape index (κ1) is 74.0. The maximum absolute atomic E-state index is 9.39. The van der Waals surface area contributed by atoms with Gasteiger partial charge in [0.15, 0.2) is 33.5 Å². The first-order valence-electron chi connectivity index (χ1n) is 47.7. The summed E-state index contributed by atoms with van der Waals surface area (Å²) in [5, 5.41) is 45.7. The minimum atomic E-state index is 0.670. The molecule has 12 heteroatoms. The molecule has 0 N–H and O–H groups in total. The van der Waals surface area contributed by atoms with Gasteiger partial charge in [0.2, 0.25) is 0 Å². The third kappa shape index (κ3) is 9.69. The lowest BCUT2D eigenvalue weighted by molar-refractivity contribution is 0.658. The first-order chi connectivity index (χ1) is 69.8. The number of aromatic nitrogens is 3. The Kier molecular flexibility index (Phi) is 14.0. The van der Waals surface area contributed by atoms with E-state index in [0.717, 1.165) is 279 Å². The molecule has 0 spiro atoms. The lowest BCUT2D eigenvalue weighted by atomic mass is 9.95. The third-order valence-corrected chi connectivity index (χ3v) is 30.9. The van der Waals surface area contributed by atoms with Crippen LogP contribution in [0.1, 0.15) is 5.56 Å². The largest absolute Gasteiger partial charge is 0.455 e. The third-order valence-electron chi connectivity index (χ3n) is 30.9. The number of rotatable bonds is 3. The Bertz CT molecular complexity index is 11500. The molecular formula is C129H64N4O8. The second kappa shape index (κ2) is 26.6. The number of hydrogen-bond donors (Lipinski definition) is 0. The maximum Gasteiger partial charge on any atom is 0.160 e. The van der Waals surface area contributed by atoms with Gasteiger partial charge in [-0.1, -0.05) is 237 Å². The van der Waals surface area contributed by atoms with E-state index in [9.17, 15) is 5.26 Å². The Morgan fingerprint density at radius 3 is 0.674 bits per heavy atom. The highest BCUT2D eigenvalue weighted by Crippen LogP contribution is 2.56. The number of benzene rings is 22. The average Bonchev–Trinajstić information content (AvgIpc) is 1.51. The Morgan fingerprint density at radius 2 is 0.376 bits per heavy atom. The summed E-state index contributed by atoms with van der Waals surface area (Å²) in [5.41, 5.74) is 31.2. The molecule has 14 aromatic heterocycles. The molecular weight excluding hydrogens is 1730 g/mol. The molecule has 0 bridgehead atoms. The van der Waals surface area contributed by atoms with Gasteiger partial charge in [-0.05, 0) is 201 Å². The quantitative estimate of drug-likeness (QED) is 0.169. The second-order valence-electron chi connectivity index (χ2n) is 38.0. The Hall–Kier alpha value is -19.4. The van der Waals surface area contributed by atoms with E-state index in [1.54, 1.807) is 0 Å². The molecule has 0 aliphatic heterocycles. The van der Waals surface area contributed by atoms with Crippen LogP contribution in [0, 0.1) is 11.3 Å². The van der Waals surface area contributed by atoms with Crippen molar-refractivity contribution in [3.8, 4) is 39.4 Å². The summed E-state index contributed by atoms with van der Waals surface area (Å²) in [7, 11) is 0. The normalized spacial score (nSPS) is 12.7. The van der Waals surface area contributed by atoms with E-state index >= 15 is 0 Å². The summed E-state index contributed by atoms with van der Waals surface area (Å²) in [4.78, 5) is 0. The number of para-hydroxylation sites is 8. The molecule has 0 aliphatic carbocycles. The maximum atomic E-state index is 9.39. The van der Waals surface area contributed by atoms with Gasteiger partial charge in [0, 0.05) is 151 Å². The zero-order valence-electron chi connectivity index (χ0n) is 74.5. The Morgan fingerprint density at radius 1 is 0.149 bits per heavy atom. The minimum Gasteiger partial charge on any atom is -0.455 e. The highest BCUT2D eigenvalue weighted by Gasteiger charge is 2.33. The van der Waals surface area contributed by atoms with Crippen molar-refractivity contribution in [2.75, 3.05) is 0 Å². The van der Waals surface area contributed by atoms with Crippen LogP contribution in [0.3, 0.4) is 0 Å². The van der Waals surface area contributed by atoms with Gasteiger partial charge in [-0.15, -0.1) is 0 Å². The molecule has 22 aromatic carbocycles. The van der Waals surface area contributed by atoms with Crippen LogP contribution < -0.4 is 0 Å². The molecule has 0 saturated carbocycles. The van der Waals surface area contributed by atoms with Crippen LogP contribution in [-0.2, 0) is 0 Å². The van der Waals surface area contributed by atoms with E-state index in [4.69, 9.17) is 35.3 Å². The fraction of sp³-hybridized carbons (Fsp3) is 0. The number of fused-ring (bicyclic) bond motifs is 50. The van der Waals surface area contributed by atoms with Gasteiger partial charge in [0.25, 0.3) is 0 Å². The van der Waals surface area contributed by atoms with E-state index in [0.29, 0.717) is 5.56 Å². The SMILES string of the molecule is N#Cc1ccc2cc(-c3cc4c5ccc6c7ccccc7oc6c5n5c4c(c3)c3ccc4c6ccccc6oc4c35)ccc2c1.c1ccc2c(c1)oc1c(-c3cc4c5ccc6c7ccccc7oc6c5n5c4c(c3)c3ccc4c6ccccc6oc4c35)c3oc4ccccc4c3cc12.c1ccc2cc(-c3cc4c5ccc6c7ccccc7oc6c5n5c4c(c3)c3ccc4c6ccccc6oc4c35)ccc2c1. The molecule has 0 unspecified atom stereocenters. The molecule has 141 heavy (non-hydrogen) atoms. The highest BCUT2D eigenvalue weighted by atomic mass is 16.4. The highest BCUT2D eigenvalue weighted by molar-refractivity contribution is 6.37. The van der Waals surface area contributed by atoms with Crippen LogP contribution >= 0.6 is 0 Å². The van der Waals surface area contributed by atoms with Crippen LogP contribution in [0.2, 0.25) is 0 Å². The summed E-state index contributed by atoms with van der Waals surface area (Å²) in [6.45, 7) is 0. The monoisotopic (exact) mass is 1800 g/mol. The van der Waals surface area contributed by atoms with Crippen molar-refractivity contribution >= 4 is 311 Å². The molecule has 0 atom stereocenters. The standard InChI is InChI=1S/C48H23NO4.C41H20N2O2.C40H21NO2/c1-5-13-37-25(9-1)31-19-17-29-33-21-24(41-45-35(27-11-3-7-15-39(27)50-45)23-36-28-12-4-8-16-40(28)51-46(36)41)22-34-30-18-20-32-26-10-2-6-14-38(26)53-48(32)44(30)49(42(33)34)43(29)47(31)52-37;42-21-22-9-10-24-18-25(12-11-23(24)17-22)26-19-33-29-13-15-31-27-5-1-3-7-35(27)44-40(31)38(29)43-37(33)34(20-26)30-14-16-32-28-6-2-4-8-36(28)45-41(32)39(30)43;1-2-8-23-19-24(14-13-22(23)7-1)25-20-32-28-15-17-30-26-9-3-5-11-34(26)42-39(30)37(28)41-36(32)33(21-25)29-16-18-31-27-10-4-6-12-35(27)43-40(31)38(29)41/h1-23H;1-20H;1-21H. The lowest BCUT2D eigenvalue weighted by Gasteiger charge is -2.07. The lowest BCUT2D eigenvalue weighted by Crippen LogP contribution is -1.83. The van der Waals surface area contributed by atoms with Crippen LogP contribution in [0.15, 0.2) is 424 Å². The van der Waals surface area contributed by atoms with Gasteiger partial charge >= 0.3 is 0 Å². The van der Waals surface area contributed by atoms with E-state index in [2.05, 4.69) is 317 Å². The summed E-state index contributed by atoms with van der Waals surface area (Å²) < 4.78 is 60.9. The van der Waals surface area contributed by atoms with E-state index in [1.165, 1.54) is 65.3 Å². The molecule has 36 aromatic rings. The molecule has 0 aliphatic rings. The number of hydrogen-bond acceptors (Lipinski definition) is 9. The van der Waals surface area contributed by atoms with E-state index in [1.807, 2.05) is 91.0 Å². The molecule has 12 nitrogen and oxygen atoms in total. The van der Waals surface area contributed by atoms with Crippen molar-refractivity contribution in [1.82, 2.24) is 13.2 Å². The van der Waals surface area contributed by atoms with Gasteiger partial charge in [0.1, 0.15) is 55.8 Å². The summed E-state index contributed by atoms with van der Waals surface area (Å²) >= 11 is 0. The van der Waals surface area contributed by atoms with Crippen molar-refractivity contribution in [1.29, 1.82) is 5.26 Å². The van der Waals surface area contributed by atoms with Gasteiger partial charge in [-0.25, -0.2) is 0 Å². The van der Waals surface area contributed by atoms with Crippen molar-refractivity contribution in [3.63, 3.8) is 0 Å². The van der Waals surface area contributed by atoms with Crippen LogP contribution in [0.5, 0.6) is 0 Å². The van der Waals surface area contributed by atoms with E-state index in [-0.39, 0.29) is 0 Å². The molecule has 0 amide bonds. The van der Waals surface area contributed by atoms with Gasteiger partial charge < -0.3 is 48.5 Å². The molecule has 0 saturated heterocycles. The van der Waals surface area contributed by atoms with Gasteiger partial charge in [-0.2, -0.15) is 5.26 Å². The smallest absolute Gasteiger partial charge is 0.160 e. The Balaban J connectivity index is 0.0000000927. The zero-order valence-corrected chi connectivity index (χ0v) is 74.5. The number of nitriles is 1. The summed E-state index contributed by atoms with van der Waals surface area (Å²) in [5.74, 6) is 0. The van der Waals surface area contributed by atoms with Gasteiger partial charge in [0.05, 0.1) is 66.8 Å². The number of nitrogens with zero attached hydrogens (tertiary/aromatic N) is 4. The van der Waals surface area contributed by atoms with Crippen molar-refractivity contribution in [2.45, 2.75) is 0 Å². The first-order valence-corrected chi connectivity index (χ1v) is 47.7. The average molecular weight is 1800 g/mol. The summed E-state index contributed by atoms with van der Waals surface area (Å²) in [6, 6.07) is 139. The van der Waals surface area contributed by atoms with Crippen LogP contribution in [0.4, 0.5) is 0 Å². The molecule has 14 heterocycles. The molecule has 0 fully saturated rings. The minimum absolute atomic E-state index is 0.670. The summed E-state index contributed by atoms with van der Waals surface area (Å²) in [6.07, 6.45) is 0. The molecule has 0 radical (unpaired) electrons. The predicted octanol–water partition coefficient (Wildman–Crippen LogP) is 36.9. The Labute approximate surface area is 793 Å². The van der Waals surface area contributed by atoms with Crippen molar-refractivity contribution < 1.29 is 35.3 Å². The van der Waals surface area contributed by atoms with Crippen LogP contribution in [-0.4, -0.2) is 13.2 Å². The molecule has 36 rings (SSSR count).